The lowest BCUT2D eigenvalue weighted by Crippen LogP contribution is -3.14. The van der Waals surface area contributed by atoms with Crippen LogP contribution in [0.5, 0.6) is 0 Å². The number of carbonyl (C=O) groups is 2. The van der Waals surface area contributed by atoms with Gasteiger partial charge in [-0.3, -0.25) is 14.6 Å². The molecule has 2 aliphatic heterocycles. The summed E-state index contributed by atoms with van der Waals surface area (Å²) in [7, 11) is 0. The Bertz CT molecular complexity index is 998. The number of quaternary nitrogens is 1. The molecule has 1 saturated heterocycles. The first-order valence-corrected chi connectivity index (χ1v) is 11.3. The van der Waals surface area contributed by atoms with Gasteiger partial charge < -0.3 is 19.6 Å². The van der Waals surface area contributed by atoms with E-state index in [2.05, 4.69) is 9.97 Å². The van der Waals surface area contributed by atoms with Crippen molar-refractivity contribution in [1.29, 1.82) is 0 Å². The zero-order chi connectivity index (χ0) is 22.0. The molecule has 0 aromatic carbocycles. The maximum absolute atomic E-state index is 13.4. The van der Waals surface area contributed by atoms with Gasteiger partial charge in [0.05, 0.1) is 47.0 Å². The number of hydrogen-bond donors (Lipinski definition) is 2. The van der Waals surface area contributed by atoms with E-state index >= 15 is 0 Å². The molecule has 8 nitrogen and oxygen atoms in total. The van der Waals surface area contributed by atoms with Gasteiger partial charge in [0.25, 0.3) is 5.91 Å². The highest BCUT2D eigenvalue weighted by atomic mass is 32.1. The standard InChI is InChI=1S/C22H26N4O4S/c1-14-21(31-15(2)24-14)19(27)17-18(16-5-3-6-23-13-16)26(22(29)20(17)28)8-4-7-25-9-11-30-12-10-25/h3,5-6,13,18,28H,4,7-12H2,1-2H3/p+1/t18-/m0/s1. The van der Waals surface area contributed by atoms with Crippen molar-refractivity contribution >= 4 is 23.0 Å². The first kappa shape index (κ1) is 21.6. The molecule has 0 saturated carbocycles. The van der Waals surface area contributed by atoms with Crippen LogP contribution in [-0.2, 0) is 9.53 Å². The second kappa shape index (κ2) is 9.25. The zero-order valence-corrected chi connectivity index (χ0v) is 18.6. The summed E-state index contributed by atoms with van der Waals surface area (Å²) in [5.74, 6) is -1.32. The Balaban J connectivity index is 1.61. The van der Waals surface area contributed by atoms with E-state index < -0.39 is 17.7 Å². The minimum atomic E-state index is -0.657. The van der Waals surface area contributed by atoms with E-state index in [1.165, 1.54) is 16.2 Å². The minimum Gasteiger partial charge on any atom is -0.503 e. The summed E-state index contributed by atoms with van der Waals surface area (Å²) >= 11 is 1.28. The van der Waals surface area contributed by atoms with E-state index in [4.69, 9.17) is 4.74 Å². The summed E-state index contributed by atoms with van der Waals surface area (Å²) in [4.78, 5) is 38.4. The number of aliphatic hydroxyl groups excluding tert-OH is 1. The van der Waals surface area contributed by atoms with Crippen molar-refractivity contribution in [2.24, 2.45) is 0 Å². The number of aryl methyl sites for hydroxylation is 2. The number of ether oxygens (including phenoxy) is 1. The highest BCUT2D eigenvalue weighted by Crippen LogP contribution is 2.39. The number of hydrogen-bond acceptors (Lipinski definition) is 7. The maximum Gasteiger partial charge on any atom is 0.290 e. The highest BCUT2D eigenvalue weighted by molar-refractivity contribution is 7.14. The van der Waals surface area contributed by atoms with Crippen LogP contribution in [0.4, 0.5) is 0 Å². The molecular weight excluding hydrogens is 416 g/mol. The number of rotatable bonds is 7. The van der Waals surface area contributed by atoms with Gasteiger partial charge in [0, 0.05) is 25.4 Å². The number of morpholine rings is 1. The highest BCUT2D eigenvalue weighted by Gasteiger charge is 2.44. The Hall–Kier alpha value is -2.62. The largest absolute Gasteiger partial charge is 0.503 e. The molecule has 1 atom stereocenters. The fourth-order valence-corrected chi connectivity index (χ4v) is 5.15. The molecule has 2 aliphatic rings. The number of amides is 1. The third-order valence-corrected chi connectivity index (χ3v) is 6.86. The predicted octanol–water partition coefficient (Wildman–Crippen LogP) is 1.04. The average molecular weight is 444 g/mol. The molecule has 31 heavy (non-hydrogen) atoms. The smallest absolute Gasteiger partial charge is 0.290 e. The second-order valence-electron chi connectivity index (χ2n) is 7.89. The van der Waals surface area contributed by atoms with Crippen LogP contribution < -0.4 is 4.90 Å². The summed E-state index contributed by atoms with van der Waals surface area (Å²) in [5.41, 5.74) is 1.43. The van der Waals surface area contributed by atoms with Crippen LogP contribution >= 0.6 is 11.3 Å². The van der Waals surface area contributed by atoms with E-state index in [1.807, 2.05) is 13.0 Å². The maximum atomic E-state index is 13.4. The van der Waals surface area contributed by atoms with Gasteiger partial charge in [0.15, 0.2) is 5.76 Å². The minimum absolute atomic E-state index is 0.114. The second-order valence-corrected chi connectivity index (χ2v) is 9.10. The molecule has 0 aliphatic carbocycles. The Morgan fingerprint density at radius 2 is 2.13 bits per heavy atom. The van der Waals surface area contributed by atoms with E-state index in [9.17, 15) is 14.7 Å². The number of Topliss-reactive ketones (excluding diaryl/α,β-unsaturated/α-hetero) is 1. The van der Waals surface area contributed by atoms with Crippen molar-refractivity contribution in [2.45, 2.75) is 26.3 Å². The number of nitrogens with zero attached hydrogens (tertiary/aromatic N) is 3. The molecule has 1 fully saturated rings. The topological polar surface area (TPSA) is 97.1 Å². The molecule has 4 heterocycles. The quantitative estimate of drug-likeness (QED) is 0.621. The first-order valence-electron chi connectivity index (χ1n) is 10.5. The van der Waals surface area contributed by atoms with Gasteiger partial charge in [-0.15, -0.1) is 11.3 Å². The normalized spacial score (nSPS) is 20.0. The van der Waals surface area contributed by atoms with Gasteiger partial charge in [-0.2, -0.15) is 0 Å². The summed E-state index contributed by atoms with van der Waals surface area (Å²) in [6.45, 7) is 8.38. The van der Waals surface area contributed by atoms with E-state index in [-0.39, 0.29) is 11.4 Å². The van der Waals surface area contributed by atoms with Gasteiger partial charge in [-0.1, -0.05) is 6.07 Å². The molecule has 9 heteroatoms. The number of pyridine rings is 1. The summed E-state index contributed by atoms with van der Waals surface area (Å²) < 4.78 is 5.41. The number of ketones is 1. The Kier molecular flexibility index (Phi) is 6.45. The Morgan fingerprint density at radius 1 is 1.35 bits per heavy atom. The van der Waals surface area contributed by atoms with Crippen molar-refractivity contribution in [3.63, 3.8) is 0 Å². The third-order valence-electron chi connectivity index (χ3n) is 5.79. The molecule has 2 aromatic rings. The molecule has 2 aromatic heterocycles. The number of thiazole rings is 1. The number of carbonyl (C=O) groups excluding carboxylic acids is 2. The van der Waals surface area contributed by atoms with Crippen LogP contribution in [0.2, 0.25) is 0 Å². The average Bonchev–Trinajstić information content (AvgIpc) is 3.25. The van der Waals surface area contributed by atoms with Crippen molar-refractivity contribution < 1.29 is 24.3 Å². The zero-order valence-electron chi connectivity index (χ0n) is 17.8. The van der Waals surface area contributed by atoms with Gasteiger partial charge in [0.2, 0.25) is 5.78 Å². The first-order chi connectivity index (χ1) is 15.0. The van der Waals surface area contributed by atoms with Crippen LogP contribution in [0.1, 0.15) is 38.4 Å². The fourth-order valence-electron chi connectivity index (χ4n) is 4.27. The van der Waals surface area contributed by atoms with Crippen molar-refractivity contribution in [3.05, 3.63) is 57.0 Å². The molecule has 0 radical (unpaired) electrons. The molecular formula is C22H27N4O4S+. The summed E-state index contributed by atoms with van der Waals surface area (Å²) in [5, 5.41) is 11.5. The van der Waals surface area contributed by atoms with Crippen molar-refractivity contribution in [1.82, 2.24) is 14.9 Å². The third kappa shape index (κ3) is 4.39. The van der Waals surface area contributed by atoms with Crippen molar-refractivity contribution in [3.8, 4) is 0 Å². The van der Waals surface area contributed by atoms with E-state index in [0.717, 1.165) is 44.3 Å². The molecule has 0 unspecified atom stereocenters. The van der Waals surface area contributed by atoms with Crippen LogP contribution in [0.25, 0.3) is 0 Å². The van der Waals surface area contributed by atoms with E-state index in [1.54, 1.807) is 30.3 Å². The fraction of sp³-hybridized carbons (Fsp3) is 0.455. The molecule has 1 amide bonds. The molecule has 2 N–H and O–H groups in total. The molecule has 164 valence electrons. The van der Waals surface area contributed by atoms with Crippen LogP contribution in [0.15, 0.2) is 35.9 Å². The monoisotopic (exact) mass is 443 g/mol. The van der Waals surface area contributed by atoms with Gasteiger partial charge in [-0.25, -0.2) is 4.98 Å². The van der Waals surface area contributed by atoms with Gasteiger partial charge in [-0.05, 0) is 25.5 Å². The molecule has 4 rings (SSSR count). The lowest BCUT2D eigenvalue weighted by atomic mass is 9.96. The lowest BCUT2D eigenvalue weighted by molar-refractivity contribution is -0.908. The predicted molar refractivity (Wildman–Crippen MR) is 115 cm³/mol. The summed E-state index contributed by atoms with van der Waals surface area (Å²) in [6.07, 6.45) is 4.06. The molecule has 0 bridgehead atoms. The van der Waals surface area contributed by atoms with Crippen molar-refractivity contribution in [2.75, 3.05) is 39.4 Å². The van der Waals surface area contributed by atoms with E-state index in [0.29, 0.717) is 22.7 Å². The Morgan fingerprint density at radius 3 is 2.77 bits per heavy atom. The SMILES string of the molecule is Cc1nc(C)c(C(=O)C2=C(O)C(=O)N(CCC[NH+]3CCOCC3)[C@H]2c2cccnc2)s1. The number of aromatic nitrogens is 2. The van der Waals surface area contributed by atoms with Crippen LogP contribution in [0.3, 0.4) is 0 Å². The Labute approximate surface area is 185 Å². The number of aliphatic hydroxyl groups is 1. The number of nitrogens with one attached hydrogen (secondary N) is 1. The van der Waals surface area contributed by atoms with Crippen LogP contribution in [-0.4, -0.2) is 71.1 Å². The molecule has 0 spiro atoms. The van der Waals surface area contributed by atoms with Gasteiger partial charge >= 0.3 is 0 Å². The lowest BCUT2D eigenvalue weighted by Gasteiger charge is -2.28. The van der Waals surface area contributed by atoms with Gasteiger partial charge in [0.1, 0.15) is 13.1 Å². The van der Waals surface area contributed by atoms with Crippen LogP contribution in [0, 0.1) is 13.8 Å². The summed E-state index contributed by atoms with van der Waals surface area (Å²) in [6, 6.07) is 2.95.